The highest BCUT2D eigenvalue weighted by Gasteiger charge is 2.18. The van der Waals surface area contributed by atoms with E-state index in [0.29, 0.717) is 12.4 Å². The zero-order valence-corrected chi connectivity index (χ0v) is 15.1. The van der Waals surface area contributed by atoms with Gasteiger partial charge in [0.05, 0.1) is 25.2 Å². The SMILES string of the molecule is CC(=O)NC(CC(=O)Nc1ccnn1Cc1ccccc1)c1ccccc1. The summed E-state index contributed by atoms with van der Waals surface area (Å²) < 4.78 is 1.74. The first kappa shape index (κ1) is 18.4. The molecule has 2 aromatic carbocycles. The third-order valence-corrected chi connectivity index (χ3v) is 4.13. The van der Waals surface area contributed by atoms with E-state index in [4.69, 9.17) is 0 Å². The van der Waals surface area contributed by atoms with E-state index in [1.165, 1.54) is 6.92 Å². The van der Waals surface area contributed by atoms with Crippen molar-refractivity contribution >= 4 is 17.6 Å². The van der Waals surface area contributed by atoms with Gasteiger partial charge in [0.25, 0.3) is 0 Å². The highest BCUT2D eigenvalue weighted by Crippen LogP contribution is 2.18. The zero-order chi connectivity index (χ0) is 19.1. The lowest BCUT2D eigenvalue weighted by molar-refractivity contribution is -0.120. The van der Waals surface area contributed by atoms with Gasteiger partial charge in [-0.1, -0.05) is 60.7 Å². The lowest BCUT2D eigenvalue weighted by atomic mass is 10.0. The third kappa shape index (κ3) is 5.28. The molecule has 0 bridgehead atoms. The lowest BCUT2D eigenvalue weighted by Gasteiger charge is -2.18. The van der Waals surface area contributed by atoms with Gasteiger partial charge in [0, 0.05) is 13.0 Å². The number of amides is 2. The van der Waals surface area contributed by atoms with Gasteiger partial charge in [0.1, 0.15) is 5.82 Å². The van der Waals surface area contributed by atoms with Crippen LogP contribution in [-0.2, 0) is 16.1 Å². The molecular weight excluding hydrogens is 340 g/mol. The van der Waals surface area contributed by atoms with Crippen molar-refractivity contribution in [3.8, 4) is 0 Å². The van der Waals surface area contributed by atoms with Crippen LogP contribution in [-0.4, -0.2) is 21.6 Å². The van der Waals surface area contributed by atoms with E-state index in [-0.39, 0.29) is 24.3 Å². The molecule has 0 aliphatic rings. The Kier molecular flexibility index (Phi) is 5.99. The summed E-state index contributed by atoms with van der Waals surface area (Å²) in [6.45, 7) is 2.01. The molecule has 1 aromatic heterocycles. The molecule has 0 aliphatic carbocycles. The van der Waals surface area contributed by atoms with Crippen molar-refractivity contribution in [1.29, 1.82) is 0 Å². The molecule has 27 heavy (non-hydrogen) atoms. The molecule has 0 aliphatic heterocycles. The van der Waals surface area contributed by atoms with Crippen LogP contribution in [0.15, 0.2) is 72.9 Å². The van der Waals surface area contributed by atoms with Gasteiger partial charge in [-0.25, -0.2) is 4.68 Å². The van der Waals surface area contributed by atoms with Crippen LogP contribution < -0.4 is 10.6 Å². The van der Waals surface area contributed by atoms with Gasteiger partial charge in [0.15, 0.2) is 0 Å². The number of nitrogens with zero attached hydrogens (tertiary/aromatic N) is 2. The molecule has 2 amide bonds. The van der Waals surface area contributed by atoms with Crippen LogP contribution in [0.4, 0.5) is 5.82 Å². The number of rotatable bonds is 7. The molecule has 1 unspecified atom stereocenters. The average molecular weight is 362 g/mol. The first-order valence-corrected chi connectivity index (χ1v) is 8.79. The molecule has 138 valence electrons. The second-order valence-electron chi connectivity index (χ2n) is 6.28. The molecule has 0 spiro atoms. The fourth-order valence-electron chi connectivity index (χ4n) is 2.88. The van der Waals surface area contributed by atoms with Crippen molar-refractivity contribution in [1.82, 2.24) is 15.1 Å². The molecule has 6 nitrogen and oxygen atoms in total. The Hall–Kier alpha value is -3.41. The van der Waals surface area contributed by atoms with Crippen LogP contribution in [0.1, 0.15) is 30.5 Å². The van der Waals surface area contributed by atoms with Gasteiger partial charge in [0.2, 0.25) is 11.8 Å². The largest absolute Gasteiger partial charge is 0.349 e. The minimum atomic E-state index is -0.380. The number of carbonyl (C=O) groups excluding carboxylic acids is 2. The normalized spacial score (nSPS) is 11.6. The van der Waals surface area contributed by atoms with Gasteiger partial charge in [-0.3, -0.25) is 9.59 Å². The Morgan fingerprint density at radius 1 is 1.00 bits per heavy atom. The average Bonchev–Trinajstić information content (AvgIpc) is 3.09. The van der Waals surface area contributed by atoms with Crippen molar-refractivity contribution in [3.63, 3.8) is 0 Å². The predicted octanol–water partition coefficient (Wildman–Crippen LogP) is 3.14. The van der Waals surface area contributed by atoms with Gasteiger partial charge in [-0.05, 0) is 11.1 Å². The highest BCUT2D eigenvalue weighted by molar-refractivity contribution is 5.90. The second kappa shape index (κ2) is 8.80. The molecule has 3 rings (SSSR count). The number of benzene rings is 2. The molecular formula is C21H22N4O2. The van der Waals surface area contributed by atoms with Crippen LogP contribution in [0.3, 0.4) is 0 Å². The van der Waals surface area contributed by atoms with Crippen molar-refractivity contribution in [2.24, 2.45) is 0 Å². The number of hydrogen-bond acceptors (Lipinski definition) is 3. The molecule has 0 fully saturated rings. The summed E-state index contributed by atoms with van der Waals surface area (Å²) in [5.74, 6) is 0.261. The number of carbonyl (C=O) groups is 2. The maximum atomic E-state index is 12.6. The van der Waals surface area contributed by atoms with Gasteiger partial charge in [-0.15, -0.1) is 0 Å². The summed E-state index contributed by atoms with van der Waals surface area (Å²) in [6.07, 6.45) is 1.79. The quantitative estimate of drug-likeness (QED) is 0.678. The molecule has 6 heteroatoms. The molecule has 1 heterocycles. The fourth-order valence-corrected chi connectivity index (χ4v) is 2.88. The van der Waals surface area contributed by atoms with Crippen molar-refractivity contribution in [3.05, 3.63) is 84.1 Å². The van der Waals surface area contributed by atoms with Crippen LogP contribution in [0.5, 0.6) is 0 Å². The number of hydrogen-bond donors (Lipinski definition) is 2. The first-order chi connectivity index (χ1) is 13.1. The minimum Gasteiger partial charge on any atom is -0.349 e. The molecule has 0 radical (unpaired) electrons. The van der Waals surface area contributed by atoms with Gasteiger partial charge >= 0.3 is 0 Å². The summed E-state index contributed by atoms with van der Waals surface area (Å²) in [7, 11) is 0. The highest BCUT2D eigenvalue weighted by atomic mass is 16.2. The van der Waals surface area contributed by atoms with E-state index in [9.17, 15) is 9.59 Å². The van der Waals surface area contributed by atoms with E-state index in [1.807, 2.05) is 60.7 Å². The topological polar surface area (TPSA) is 76.0 Å². The van der Waals surface area contributed by atoms with E-state index < -0.39 is 0 Å². The standard InChI is InChI=1S/C21H22N4O2/c1-16(26)23-19(18-10-6-3-7-11-18)14-21(27)24-20-12-13-22-25(20)15-17-8-4-2-5-9-17/h2-13,19H,14-15H2,1H3,(H,23,26)(H,24,27). The molecule has 0 saturated carbocycles. The molecule has 1 atom stereocenters. The van der Waals surface area contributed by atoms with Crippen molar-refractivity contribution in [2.75, 3.05) is 5.32 Å². The number of nitrogens with one attached hydrogen (secondary N) is 2. The van der Waals surface area contributed by atoms with Crippen LogP contribution in [0.25, 0.3) is 0 Å². The number of anilines is 1. The van der Waals surface area contributed by atoms with E-state index in [0.717, 1.165) is 11.1 Å². The predicted molar refractivity (Wildman–Crippen MR) is 104 cm³/mol. The smallest absolute Gasteiger partial charge is 0.227 e. The van der Waals surface area contributed by atoms with Gasteiger partial charge < -0.3 is 10.6 Å². The Labute approximate surface area is 158 Å². The summed E-state index contributed by atoms with van der Waals surface area (Å²) >= 11 is 0. The van der Waals surface area contributed by atoms with Crippen LogP contribution >= 0.6 is 0 Å². The Morgan fingerprint density at radius 3 is 2.33 bits per heavy atom. The van der Waals surface area contributed by atoms with Crippen LogP contribution in [0, 0.1) is 0 Å². The monoisotopic (exact) mass is 362 g/mol. The zero-order valence-electron chi connectivity index (χ0n) is 15.1. The van der Waals surface area contributed by atoms with Crippen molar-refractivity contribution in [2.45, 2.75) is 25.9 Å². The van der Waals surface area contributed by atoms with Crippen LogP contribution in [0.2, 0.25) is 0 Å². The maximum Gasteiger partial charge on any atom is 0.227 e. The first-order valence-electron chi connectivity index (χ1n) is 8.79. The molecule has 0 saturated heterocycles. The van der Waals surface area contributed by atoms with Crippen molar-refractivity contribution < 1.29 is 9.59 Å². The maximum absolute atomic E-state index is 12.6. The van der Waals surface area contributed by atoms with Gasteiger partial charge in [-0.2, -0.15) is 5.10 Å². The Morgan fingerprint density at radius 2 is 1.67 bits per heavy atom. The Balaban J connectivity index is 1.68. The minimum absolute atomic E-state index is 0.139. The summed E-state index contributed by atoms with van der Waals surface area (Å²) in [4.78, 5) is 24.1. The molecule has 2 N–H and O–H groups in total. The molecule has 3 aromatic rings. The van der Waals surface area contributed by atoms with E-state index in [2.05, 4.69) is 15.7 Å². The van der Waals surface area contributed by atoms with E-state index >= 15 is 0 Å². The van der Waals surface area contributed by atoms with E-state index in [1.54, 1.807) is 16.9 Å². The number of aromatic nitrogens is 2. The second-order valence-corrected chi connectivity index (χ2v) is 6.28. The summed E-state index contributed by atoms with van der Waals surface area (Å²) in [5.41, 5.74) is 1.98. The summed E-state index contributed by atoms with van der Waals surface area (Å²) in [5, 5.41) is 10.0. The summed E-state index contributed by atoms with van der Waals surface area (Å²) in [6, 6.07) is 20.8. The Bertz CT molecular complexity index is 891. The lowest BCUT2D eigenvalue weighted by Crippen LogP contribution is -2.30. The third-order valence-electron chi connectivity index (χ3n) is 4.13. The fraction of sp³-hybridized carbons (Fsp3) is 0.190.